The Bertz CT molecular complexity index is 450. The molecule has 0 atom stereocenters. The van der Waals surface area contributed by atoms with Gasteiger partial charge in [-0.1, -0.05) is 18.0 Å². The number of halogens is 3. The minimum atomic E-state index is -2.53. The zero-order valence-corrected chi connectivity index (χ0v) is 12.1. The summed E-state index contributed by atoms with van der Waals surface area (Å²) in [6, 6.07) is 0. The van der Waals surface area contributed by atoms with Gasteiger partial charge in [-0.2, -0.15) is 4.98 Å². The second kappa shape index (κ2) is 5.56. The summed E-state index contributed by atoms with van der Waals surface area (Å²) in [7, 11) is 0. The van der Waals surface area contributed by atoms with Gasteiger partial charge >= 0.3 is 0 Å². The number of nitrogens with two attached hydrogens (primary N) is 1. The van der Waals surface area contributed by atoms with Gasteiger partial charge in [0.15, 0.2) is 5.82 Å². The predicted octanol–water partition coefficient (Wildman–Crippen LogP) is 3.51. The third kappa shape index (κ3) is 2.96. The van der Waals surface area contributed by atoms with Crippen LogP contribution in [0.1, 0.15) is 69.0 Å². The number of hydrogen-bond donors (Lipinski definition) is 1. The molecule has 0 bridgehead atoms. The molecule has 0 aliphatic heterocycles. The monoisotopic (exact) mass is 307 g/mol. The third-order valence-electron chi connectivity index (χ3n) is 4.45. The predicted molar refractivity (Wildman–Crippen MR) is 72.0 cm³/mol. The van der Waals surface area contributed by atoms with E-state index in [0.717, 1.165) is 25.7 Å². The van der Waals surface area contributed by atoms with Gasteiger partial charge in [-0.05, 0) is 25.7 Å². The second-order valence-electron chi connectivity index (χ2n) is 5.95. The maximum Gasteiger partial charge on any atom is 0.248 e. The lowest BCUT2D eigenvalue weighted by Crippen LogP contribution is -2.34. The Balaban J connectivity index is 0.00000147. The van der Waals surface area contributed by atoms with Crippen molar-refractivity contribution in [1.82, 2.24) is 10.1 Å². The first kappa shape index (κ1) is 15.6. The lowest BCUT2D eigenvalue weighted by atomic mass is 9.86. The van der Waals surface area contributed by atoms with Gasteiger partial charge in [0, 0.05) is 18.8 Å². The molecule has 114 valence electrons. The van der Waals surface area contributed by atoms with E-state index >= 15 is 0 Å². The summed E-state index contributed by atoms with van der Waals surface area (Å²) in [5.41, 5.74) is 5.79. The minimum absolute atomic E-state index is 0. The second-order valence-corrected chi connectivity index (χ2v) is 5.95. The van der Waals surface area contributed by atoms with Crippen LogP contribution in [0.4, 0.5) is 8.78 Å². The van der Waals surface area contributed by atoms with Crippen molar-refractivity contribution in [1.29, 1.82) is 0 Å². The van der Waals surface area contributed by atoms with Crippen molar-refractivity contribution in [2.24, 2.45) is 5.73 Å². The van der Waals surface area contributed by atoms with Crippen molar-refractivity contribution < 1.29 is 13.3 Å². The van der Waals surface area contributed by atoms with Crippen LogP contribution in [0.15, 0.2) is 4.52 Å². The highest BCUT2D eigenvalue weighted by atomic mass is 35.5. The zero-order valence-electron chi connectivity index (χ0n) is 11.3. The highest BCUT2D eigenvalue weighted by Gasteiger charge is 2.39. The van der Waals surface area contributed by atoms with Gasteiger partial charge in [-0.15, -0.1) is 12.4 Å². The summed E-state index contributed by atoms with van der Waals surface area (Å²) in [5.74, 6) is -1.52. The van der Waals surface area contributed by atoms with Gasteiger partial charge in [0.1, 0.15) is 0 Å². The van der Waals surface area contributed by atoms with Gasteiger partial charge in [0.2, 0.25) is 11.8 Å². The molecule has 2 aliphatic carbocycles. The van der Waals surface area contributed by atoms with E-state index in [-0.39, 0.29) is 31.2 Å². The summed E-state index contributed by atoms with van der Waals surface area (Å²) in [6.07, 6.45) is 4.53. The summed E-state index contributed by atoms with van der Waals surface area (Å²) in [5, 5.41) is 3.98. The topological polar surface area (TPSA) is 64.9 Å². The van der Waals surface area contributed by atoms with Crippen LogP contribution in [0.5, 0.6) is 0 Å². The average Bonchev–Trinajstić information content (AvgIpc) is 2.98. The van der Waals surface area contributed by atoms with E-state index in [4.69, 9.17) is 10.3 Å². The Morgan fingerprint density at radius 1 is 1.10 bits per heavy atom. The van der Waals surface area contributed by atoms with Crippen molar-refractivity contribution in [2.75, 3.05) is 0 Å². The van der Waals surface area contributed by atoms with Crippen LogP contribution in [-0.2, 0) is 5.54 Å². The standard InChI is InChI=1S/C13H19F2N3O.ClH/c14-13(15)7-3-9(4-8-13)10-17-11(18-19-10)12(16)5-1-2-6-12;/h9H,1-8,16H2;1H. The zero-order chi connectivity index (χ0) is 13.5. The molecule has 0 unspecified atom stereocenters. The fourth-order valence-corrected chi connectivity index (χ4v) is 3.12. The van der Waals surface area contributed by atoms with Crippen LogP contribution < -0.4 is 5.73 Å². The molecule has 7 heteroatoms. The van der Waals surface area contributed by atoms with Crippen LogP contribution in [0.2, 0.25) is 0 Å². The quantitative estimate of drug-likeness (QED) is 0.908. The van der Waals surface area contributed by atoms with Gasteiger partial charge in [0.25, 0.3) is 0 Å². The number of hydrogen-bond acceptors (Lipinski definition) is 4. The van der Waals surface area contributed by atoms with E-state index in [2.05, 4.69) is 10.1 Å². The summed E-state index contributed by atoms with van der Waals surface area (Å²) in [6.45, 7) is 0. The molecule has 1 aromatic rings. The molecule has 0 radical (unpaired) electrons. The van der Waals surface area contributed by atoms with Gasteiger partial charge in [0.05, 0.1) is 5.54 Å². The largest absolute Gasteiger partial charge is 0.339 e. The lowest BCUT2D eigenvalue weighted by molar-refractivity contribution is -0.0402. The van der Waals surface area contributed by atoms with E-state index in [1.807, 2.05) is 0 Å². The van der Waals surface area contributed by atoms with Crippen molar-refractivity contribution in [3.05, 3.63) is 11.7 Å². The van der Waals surface area contributed by atoms with Crippen molar-refractivity contribution in [2.45, 2.75) is 68.7 Å². The molecule has 2 N–H and O–H groups in total. The molecule has 3 rings (SSSR count). The molecule has 4 nitrogen and oxygen atoms in total. The Morgan fingerprint density at radius 2 is 1.70 bits per heavy atom. The van der Waals surface area contributed by atoms with Gasteiger partial charge < -0.3 is 10.3 Å². The Hall–Kier alpha value is -0.750. The van der Waals surface area contributed by atoms with Crippen LogP contribution in [0.25, 0.3) is 0 Å². The third-order valence-corrected chi connectivity index (χ3v) is 4.45. The molecular formula is C13H20ClF2N3O. The lowest BCUT2D eigenvalue weighted by Gasteiger charge is -2.25. The van der Waals surface area contributed by atoms with Gasteiger partial charge in [-0.25, -0.2) is 8.78 Å². The number of nitrogens with zero attached hydrogens (tertiary/aromatic N) is 2. The first-order valence-electron chi connectivity index (χ1n) is 6.99. The summed E-state index contributed by atoms with van der Waals surface area (Å²) < 4.78 is 31.5. The van der Waals surface area contributed by atoms with Crippen molar-refractivity contribution >= 4 is 12.4 Å². The molecule has 1 aromatic heterocycles. The fourth-order valence-electron chi connectivity index (χ4n) is 3.12. The molecule has 0 amide bonds. The number of alkyl halides is 2. The Kier molecular flexibility index (Phi) is 4.35. The first-order chi connectivity index (χ1) is 8.99. The van der Waals surface area contributed by atoms with Gasteiger partial charge in [-0.3, -0.25) is 0 Å². The summed E-state index contributed by atoms with van der Waals surface area (Å²) >= 11 is 0. The maximum absolute atomic E-state index is 13.1. The Labute approximate surface area is 122 Å². The molecule has 0 saturated heterocycles. The average molecular weight is 308 g/mol. The summed E-state index contributed by atoms with van der Waals surface area (Å²) in [4.78, 5) is 4.39. The van der Waals surface area contributed by atoms with Crippen LogP contribution >= 0.6 is 12.4 Å². The van der Waals surface area contributed by atoms with E-state index in [1.54, 1.807) is 0 Å². The van der Waals surface area contributed by atoms with E-state index in [9.17, 15) is 8.78 Å². The maximum atomic E-state index is 13.1. The number of rotatable bonds is 2. The van der Waals surface area contributed by atoms with Crippen LogP contribution in [0, 0.1) is 0 Å². The smallest absolute Gasteiger partial charge is 0.248 e. The molecular weight excluding hydrogens is 288 g/mol. The van der Waals surface area contributed by atoms with E-state index in [1.165, 1.54) is 0 Å². The molecule has 0 spiro atoms. The molecule has 2 aliphatic rings. The highest BCUT2D eigenvalue weighted by Crippen LogP contribution is 2.41. The number of aromatic nitrogens is 2. The normalized spacial score (nSPS) is 25.4. The van der Waals surface area contributed by atoms with Crippen molar-refractivity contribution in [3.8, 4) is 0 Å². The highest BCUT2D eigenvalue weighted by molar-refractivity contribution is 5.85. The molecule has 2 fully saturated rings. The first-order valence-corrected chi connectivity index (χ1v) is 6.99. The SMILES string of the molecule is Cl.NC1(c2noc(C3CCC(F)(F)CC3)n2)CCCC1. The van der Waals surface area contributed by atoms with Crippen molar-refractivity contribution in [3.63, 3.8) is 0 Å². The molecule has 1 heterocycles. The fraction of sp³-hybridized carbons (Fsp3) is 0.846. The Morgan fingerprint density at radius 3 is 2.30 bits per heavy atom. The van der Waals surface area contributed by atoms with Crippen LogP contribution in [-0.4, -0.2) is 16.1 Å². The van der Waals surface area contributed by atoms with E-state index in [0.29, 0.717) is 24.6 Å². The van der Waals surface area contributed by atoms with E-state index < -0.39 is 11.5 Å². The molecule has 20 heavy (non-hydrogen) atoms. The van der Waals surface area contributed by atoms with Crippen LogP contribution in [0.3, 0.4) is 0 Å². The minimum Gasteiger partial charge on any atom is -0.339 e. The molecule has 0 aromatic carbocycles. The molecule has 2 saturated carbocycles.